The average Bonchev–Trinajstić information content (AvgIpc) is 1.81. The highest BCUT2D eigenvalue weighted by atomic mass is 14.8. The van der Waals surface area contributed by atoms with Crippen LogP contribution in [0.4, 0.5) is 0 Å². The van der Waals surface area contributed by atoms with Gasteiger partial charge in [-0.1, -0.05) is 12.7 Å². The summed E-state index contributed by atoms with van der Waals surface area (Å²) in [5.41, 5.74) is 3.48. The van der Waals surface area contributed by atoms with Gasteiger partial charge in [0.2, 0.25) is 0 Å². The van der Waals surface area contributed by atoms with Gasteiger partial charge in [0.15, 0.2) is 0 Å². The molecule has 4 N–H and O–H groups in total. The van der Waals surface area contributed by atoms with Crippen molar-refractivity contribution in [3.8, 4) is 0 Å². The van der Waals surface area contributed by atoms with Crippen LogP contribution in [0.25, 0.3) is 0 Å². The van der Waals surface area contributed by atoms with Crippen molar-refractivity contribution in [2.45, 2.75) is 0 Å². The van der Waals surface area contributed by atoms with E-state index in [-0.39, 0.29) is 0 Å². The van der Waals surface area contributed by atoms with E-state index in [0.717, 1.165) is 0 Å². The Hall–Kier alpha value is -1.02. The molecule has 0 amide bonds. The first-order chi connectivity index (χ1) is 3.91. The Labute approximate surface area is 49.4 Å². The first-order valence-electron chi connectivity index (χ1n) is 2.39. The molecule has 8 heavy (non-hydrogen) atoms. The fraction of sp³-hybridized carbons (Fsp3) is 0. The molecule has 0 fully saturated rings. The van der Waals surface area contributed by atoms with Crippen molar-refractivity contribution in [1.82, 2.24) is 5.32 Å². The molecule has 0 aromatic rings. The van der Waals surface area contributed by atoms with Crippen LogP contribution in [-0.4, -0.2) is 0 Å². The Bertz CT molecular complexity index is 103. The molecule has 2 nitrogen and oxygen atoms in total. The van der Waals surface area contributed by atoms with Crippen LogP contribution >= 0.6 is 0 Å². The van der Waals surface area contributed by atoms with Crippen LogP contribution in [0, 0.1) is 0 Å². The minimum absolute atomic E-state index is 1.67. The van der Waals surface area contributed by atoms with Crippen LogP contribution in [0.1, 0.15) is 0 Å². The van der Waals surface area contributed by atoms with Gasteiger partial charge in [-0.3, -0.25) is 0 Å². The summed E-state index contributed by atoms with van der Waals surface area (Å²) >= 11 is 0. The van der Waals surface area contributed by atoms with Crippen molar-refractivity contribution in [3.05, 3.63) is 37.3 Å². The third-order valence-electron chi connectivity index (χ3n) is 0.543. The van der Waals surface area contributed by atoms with E-state index in [2.05, 4.69) is 17.6 Å². The highest BCUT2D eigenvalue weighted by Gasteiger charge is 1.59. The summed E-state index contributed by atoms with van der Waals surface area (Å²) in [6, 6.07) is 0. The standard InChI is InChI=1S/C6H10N2/c1-2-3-5-8-6-4-7/h2-6,8H,1,7H2/p+1. The van der Waals surface area contributed by atoms with Crippen LogP contribution in [0.2, 0.25) is 0 Å². The molecule has 44 valence electrons. The average molecular weight is 111 g/mol. The monoisotopic (exact) mass is 111 g/mol. The number of hydrogen-bond acceptors (Lipinski definition) is 1. The minimum atomic E-state index is 1.67. The van der Waals surface area contributed by atoms with Gasteiger partial charge < -0.3 is 11.1 Å². The SMILES string of the molecule is C=CC=CNC=C[NH3+]. The van der Waals surface area contributed by atoms with Crippen molar-refractivity contribution < 1.29 is 5.73 Å². The van der Waals surface area contributed by atoms with E-state index in [1.54, 1.807) is 30.8 Å². The molecule has 0 radical (unpaired) electrons. The molecule has 0 saturated carbocycles. The van der Waals surface area contributed by atoms with E-state index in [4.69, 9.17) is 0 Å². The Kier molecular flexibility index (Phi) is 5.22. The zero-order valence-electron chi connectivity index (χ0n) is 4.80. The summed E-state index contributed by atoms with van der Waals surface area (Å²) in [4.78, 5) is 0. The smallest absolute Gasteiger partial charge is 0.107 e. The van der Waals surface area contributed by atoms with E-state index < -0.39 is 0 Å². The first kappa shape index (κ1) is 6.98. The molecule has 0 aromatic heterocycles. The first-order valence-corrected chi connectivity index (χ1v) is 2.39. The van der Waals surface area contributed by atoms with Gasteiger partial charge in [-0.2, -0.15) is 0 Å². The molecule has 0 aliphatic rings. The summed E-state index contributed by atoms with van der Waals surface area (Å²) in [7, 11) is 0. The van der Waals surface area contributed by atoms with Crippen molar-refractivity contribution in [2.75, 3.05) is 0 Å². The lowest BCUT2D eigenvalue weighted by molar-refractivity contribution is -0.275. The molecule has 2 heteroatoms. The van der Waals surface area contributed by atoms with E-state index >= 15 is 0 Å². The molecule has 0 spiro atoms. The molecule has 0 aliphatic heterocycles. The fourth-order valence-corrected chi connectivity index (χ4v) is 0.247. The highest BCUT2D eigenvalue weighted by Crippen LogP contribution is 1.65. The molecule has 0 atom stereocenters. The predicted molar refractivity (Wildman–Crippen MR) is 34.5 cm³/mol. The van der Waals surface area contributed by atoms with Crippen LogP contribution < -0.4 is 11.1 Å². The van der Waals surface area contributed by atoms with Gasteiger partial charge in [-0.25, -0.2) is 0 Å². The van der Waals surface area contributed by atoms with E-state index in [1.165, 1.54) is 0 Å². The van der Waals surface area contributed by atoms with E-state index in [9.17, 15) is 0 Å². The number of quaternary nitrogens is 1. The van der Waals surface area contributed by atoms with Gasteiger partial charge in [0.1, 0.15) is 6.20 Å². The second-order valence-corrected chi connectivity index (χ2v) is 1.16. The van der Waals surface area contributed by atoms with Gasteiger partial charge in [-0.15, -0.1) is 0 Å². The van der Waals surface area contributed by atoms with Crippen LogP contribution in [-0.2, 0) is 0 Å². The number of nitrogens with one attached hydrogen (secondary N) is 1. The Morgan fingerprint density at radius 1 is 1.38 bits per heavy atom. The van der Waals surface area contributed by atoms with Crippen molar-refractivity contribution >= 4 is 0 Å². The van der Waals surface area contributed by atoms with Crippen LogP contribution in [0.3, 0.4) is 0 Å². The summed E-state index contributed by atoms with van der Waals surface area (Å²) in [6.07, 6.45) is 8.69. The van der Waals surface area contributed by atoms with E-state index in [0.29, 0.717) is 0 Å². The fourth-order valence-electron chi connectivity index (χ4n) is 0.247. The predicted octanol–water partition coefficient (Wildman–Crippen LogP) is -0.0112. The number of allylic oxidation sites excluding steroid dienone is 2. The van der Waals surface area contributed by atoms with Gasteiger partial charge in [0.25, 0.3) is 0 Å². The largest absolute Gasteiger partial charge is 0.363 e. The Morgan fingerprint density at radius 2 is 2.12 bits per heavy atom. The van der Waals surface area contributed by atoms with Gasteiger partial charge in [0, 0.05) is 6.20 Å². The third kappa shape index (κ3) is 4.98. The maximum atomic E-state index is 3.49. The summed E-state index contributed by atoms with van der Waals surface area (Å²) in [6.45, 7) is 3.49. The molecule has 0 unspecified atom stereocenters. The molecule has 0 saturated heterocycles. The molecule has 0 rings (SSSR count). The summed E-state index contributed by atoms with van der Waals surface area (Å²) in [5.74, 6) is 0. The van der Waals surface area contributed by atoms with Crippen molar-refractivity contribution in [3.63, 3.8) is 0 Å². The maximum absolute atomic E-state index is 3.49. The second-order valence-electron chi connectivity index (χ2n) is 1.16. The molecular weight excluding hydrogens is 100 g/mol. The van der Waals surface area contributed by atoms with Crippen LogP contribution in [0.15, 0.2) is 37.3 Å². The Morgan fingerprint density at radius 3 is 2.62 bits per heavy atom. The number of hydrogen-bond donors (Lipinski definition) is 2. The normalized spacial score (nSPS) is 10.6. The van der Waals surface area contributed by atoms with E-state index in [1.807, 2.05) is 0 Å². The molecule has 0 aliphatic carbocycles. The minimum Gasteiger partial charge on any atom is -0.363 e. The lowest BCUT2D eigenvalue weighted by atomic mass is 10.6. The number of rotatable bonds is 3. The highest BCUT2D eigenvalue weighted by molar-refractivity contribution is 4.97. The van der Waals surface area contributed by atoms with Gasteiger partial charge in [-0.05, 0) is 6.08 Å². The molecule has 0 aromatic carbocycles. The molecule has 0 bridgehead atoms. The maximum Gasteiger partial charge on any atom is 0.107 e. The lowest BCUT2D eigenvalue weighted by Gasteiger charge is -1.80. The van der Waals surface area contributed by atoms with Gasteiger partial charge >= 0.3 is 0 Å². The van der Waals surface area contributed by atoms with Crippen molar-refractivity contribution in [2.24, 2.45) is 0 Å². The third-order valence-corrected chi connectivity index (χ3v) is 0.543. The topological polar surface area (TPSA) is 39.7 Å². The molecular formula is C6H11N2+. The summed E-state index contributed by atoms with van der Waals surface area (Å²) < 4.78 is 0. The quantitative estimate of drug-likeness (QED) is 0.494. The second kappa shape index (κ2) is 5.98. The lowest BCUT2D eigenvalue weighted by Crippen LogP contribution is -2.39. The Balaban J connectivity index is 3.15. The van der Waals surface area contributed by atoms with Crippen molar-refractivity contribution in [1.29, 1.82) is 0 Å². The molecule has 0 heterocycles. The zero-order valence-corrected chi connectivity index (χ0v) is 4.80. The zero-order chi connectivity index (χ0) is 6.24. The van der Waals surface area contributed by atoms with Crippen LogP contribution in [0.5, 0.6) is 0 Å². The van der Waals surface area contributed by atoms with Gasteiger partial charge in [0.05, 0.1) is 6.20 Å². The summed E-state index contributed by atoms with van der Waals surface area (Å²) in [5, 5.41) is 2.84.